The van der Waals surface area contributed by atoms with Crippen molar-refractivity contribution < 1.29 is 18.8 Å². The number of hydrogen-bond acceptors (Lipinski definition) is 4. The first kappa shape index (κ1) is 19.2. The molecule has 2 heterocycles. The lowest BCUT2D eigenvalue weighted by Crippen LogP contribution is -2.36. The van der Waals surface area contributed by atoms with Crippen LogP contribution in [-0.4, -0.2) is 35.2 Å². The van der Waals surface area contributed by atoms with Crippen molar-refractivity contribution in [1.29, 1.82) is 0 Å². The van der Waals surface area contributed by atoms with E-state index >= 15 is 0 Å². The van der Waals surface area contributed by atoms with Gasteiger partial charge in [-0.1, -0.05) is 25.0 Å². The molecule has 1 aliphatic heterocycles. The van der Waals surface area contributed by atoms with E-state index in [-0.39, 0.29) is 29.4 Å². The molecule has 0 bridgehead atoms. The molecule has 0 spiro atoms. The number of nitrogens with one attached hydrogen (secondary N) is 2. The molecule has 7 heteroatoms. The molecule has 0 unspecified atom stereocenters. The number of carbonyl (C=O) groups excluding carboxylic acids is 3. The highest BCUT2D eigenvalue weighted by atomic mass is 16.3. The van der Waals surface area contributed by atoms with Gasteiger partial charge < -0.3 is 20.0 Å². The van der Waals surface area contributed by atoms with Crippen LogP contribution < -0.4 is 10.6 Å². The normalized spacial score (nSPS) is 19.5. The second kappa shape index (κ2) is 8.51. The SMILES string of the molecule is O=C(Nc1ccc(CNC(=O)[C@@H]2CC(=O)N(C3CCCC3)C2)cc1)c1ccco1. The van der Waals surface area contributed by atoms with Crippen LogP contribution >= 0.6 is 0 Å². The number of rotatable bonds is 6. The Bertz CT molecular complexity index is 870. The molecule has 152 valence electrons. The van der Waals surface area contributed by atoms with Gasteiger partial charge in [0.25, 0.3) is 5.91 Å². The van der Waals surface area contributed by atoms with Gasteiger partial charge in [-0.25, -0.2) is 0 Å². The number of amides is 3. The maximum Gasteiger partial charge on any atom is 0.291 e. The first-order valence-corrected chi connectivity index (χ1v) is 10.1. The van der Waals surface area contributed by atoms with Crippen molar-refractivity contribution in [3.8, 4) is 0 Å². The zero-order valence-electron chi connectivity index (χ0n) is 16.2. The summed E-state index contributed by atoms with van der Waals surface area (Å²) in [5.74, 6) is -0.300. The van der Waals surface area contributed by atoms with E-state index in [1.807, 2.05) is 17.0 Å². The molecule has 2 aromatic rings. The van der Waals surface area contributed by atoms with E-state index in [9.17, 15) is 14.4 Å². The predicted molar refractivity (Wildman–Crippen MR) is 107 cm³/mol. The zero-order chi connectivity index (χ0) is 20.2. The summed E-state index contributed by atoms with van der Waals surface area (Å²) in [4.78, 5) is 38.7. The van der Waals surface area contributed by atoms with Gasteiger partial charge in [0, 0.05) is 31.2 Å². The van der Waals surface area contributed by atoms with Crippen LogP contribution in [0.2, 0.25) is 0 Å². The Kier molecular flexibility index (Phi) is 5.64. The fraction of sp³-hybridized carbons (Fsp3) is 0.409. The van der Waals surface area contributed by atoms with Gasteiger partial charge in [0.1, 0.15) is 0 Å². The molecule has 4 rings (SSSR count). The van der Waals surface area contributed by atoms with Crippen LogP contribution in [0.25, 0.3) is 0 Å². The molecule has 7 nitrogen and oxygen atoms in total. The van der Waals surface area contributed by atoms with Gasteiger partial charge in [-0.2, -0.15) is 0 Å². The lowest BCUT2D eigenvalue weighted by molar-refractivity contribution is -0.130. The van der Waals surface area contributed by atoms with E-state index in [0.29, 0.717) is 31.2 Å². The molecule has 1 aromatic heterocycles. The molecular weight excluding hydrogens is 370 g/mol. The number of anilines is 1. The molecule has 2 fully saturated rings. The van der Waals surface area contributed by atoms with Crippen LogP contribution in [0.1, 0.15) is 48.2 Å². The summed E-state index contributed by atoms with van der Waals surface area (Å²) >= 11 is 0. The van der Waals surface area contributed by atoms with Crippen LogP contribution in [0, 0.1) is 5.92 Å². The molecule has 1 saturated heterocycles. The van der Waals surface area contributed by atoms with Gasteiger partial charge >= 0.3 is 0 Å². The second-order valence-electron chi connectivity index (χ2n) is 7.73. The number of benzene rings is 1. The molecule has 1 saturated carbocycles. The monoisotopic (exact) mass is 395 g/mol. The average Bonchev–Trinajstić information content (AvgIpc) is 3.48. The van der Waals surface area contributed by atoms with Gasteiger partial charge in [-0.3, -0.25) is 14.4 Å². The number of nitrogens with zero attached hydrogens (tertiary/aromatic N) is 1. The van der Waals surface area contributed by atoms with Crippen molar-refractivity contribution in [2.75, 3.05) is 11.9 Å². The molecule has 0 radical (unpaired) electrons. The fourth-order valence-electron chi connectivity index (χ4n) is 4.12. The third-order valence-corrected chi connectivity index (χ3v) is 5.72. The minimum Gasteiger partial charge on any atom is -0.459 e. The molecule has 1 atom stereocenters. The summed E-state index contributed by atoms with van der Waals surface area (Å²) in [6, 6.07) is 10.8. The van der Waals surface area contributed by atoms with Crippen LogP contribution in [-0.2, 0) is 16.1 Å². The molecular formula is C22H25N3O4. The Morgan fingerprint density at radius 1 is 1.10 bits per heavy atom. The van der Waals surface area contributed by atoms with E-state index in [0.717, 1.165) is 18.4 Å². The maximum absolute atomic E-state index is 12.5. The van der Waals surface area contributed by atoms with Gasteiger partial charge in [-0.05, 0) is 42.7 Å². The highest BCUT2D eigenvalue weighted by Gasteiger charge is 2.38. The zero-order valence-corrected chi connectivity index (χ0v) is 16.2. The van der Waals surface area contributed by atoms with Crippen LogP contribution in [0.15, 0.2) is 47.1 Å². The first-order valence-electron chi connectivity index (χ1n) is 10.1. The van der Waals surface area contributed by atoms with Crippen molar-refractivity contribution in [2.24, 2.45) is 5.92 Å². The molecule has 2 N–H and O–H groups in total. The third-order valence-electron chi connectivity index (χ3n) is 5.72. The first-order chi connectivity index (χ1) is 14.1. The van der Waals surface area contributed by atoms with Crippen LogP contribution in [0.4, 0.5) is 5.69 Å². The Labute approximate surface area is 169 Å². The third kappa shape index (κ3) is 4.50. The second-order valence-corrected chi connectivity index (χ2v) is 7.73. The minimum absolute atomic E-state index is 0.0750. The largest absolute Gasteiger partial charge is 0.459 e. The summed E-state index contributed by atoms with van der Waals surface area (Å²) in [6.45, 7) is 0.923. The summed E-state index contributed by atoms with van der Waals surface area (Å²) in [6.07, 6.45) is 6.21. The van der Waals surface area contributed by atoms with E-state index in [1.54, 1.807) is 24.3 Å². The van der Waals surface area contributed by atoms with Crippen molar-refractivity contribution in [3.63, 3.8) is 0 Å². The molecule has 3 amide bonds. The Morgan fingerprint density at radius 3 is 2.55 bits per heavy atom. The Hall–Kier alpha value is -3.09. The maximum atomic E-state index is 12.5. The van der Waals surface area contributed by atoms with E-state index in [1.165, 1.54) is 19.1 Å². The van der Waals surface area contributed by atoms with Crippen LogP contribution in [0.3, 0.4) is 0 Å². The minimum atomic E-state index is -0.311. The smallest absolute Gasteiger partial charge is 0.291 e. The van der Waals surface area contributed by atoms with Crippen molar-refractivity contribution in [3.05, 3.63) is 54.0 Å². The quantitative estimate of drug-likeness (QED) is 0.787. The van der Waals surface area contributed by atoms with E-state index in [4.69, 9.17) is 4.42 Å². The topological polar surface area (TPSA) is 91.7 Å². The lowest BCUT2D eigenvalue weighted by atomic mass is 10.1. The highest BCUT2D eigenvalue weighted by molar-refractivity contribution is 6.02. The number of carbonyl (C=O) groups is 3. The predicted octanol–water partition coefficient (Wildman–Crippen LogP) is 2.94. The number of hydrogen-bond donors (Lipinski definition) is 2. The fourth-order valence-corrected chi connectivity index (χ4v) is 4.12. The highest BCUT2D eigenvalue weighted by Crippen LogP contribution is 2.29. The molecule has 2 aliphatic rings. The summed E-state index contributed by atoms with van der Waals surface area (Å²) in [7, 11) is 0. The Balaban J connectivity index is 1.26. The van der Waals surface area contributed by atoms with Crippen molar-refractivity contribution >= 4 is 23.4 Å². The van der Waals surface area contributed by atoms with Gasteiger partial charge in [0.05, 0.1) is 12.2 Å². The lowest BCUT2D eigenvalue weighted by Gasteiger charge is -2.23. The number of likely N-dealkylation sites (tertiary alicyclic amines) is 1. The standard InChI is InChI=1S/C22H25N3O4/c26-20-12-16(14-25(20)18-4-1-2-5-18)21(27)23-13-15-7-9-17(10-8-15)24-22(28)19-6-3-11-29-19/h3,6-11,16,18H,1-2,4-5,12-14H2,(H,23,27)(H,24,28)/t16-/m1/s1. The summed E-state index contributed by atoms with van der Waals surface area (Å²) in [5.41, 5.74) is 1.57. The molecule has 29 heavy (non-hydrogen) atoms. The molecule has 1 aromatic carbocycles. The van der Waals surface area contributed by atoms with Gasteiger partial charge in [-0.15, -0.1) is 0 Å². The van der Waals surface area contributed by atoms with E-state index < -0.39 is 0 Å². The van der Waals surface area contributed by atoms with Crippen LogP contribution in [0.5, 0.6) is 0 Å². The van der Waals surface area contributed by atoms with E-state index in [2.05, 4.69) is 10.6 Å². The number of furan rings is 1. The van der Waals surface area contributed by atoms with Gasteiger partial charge in [0.15, 0.2) is 5.76 Å². The van der Waals surface area contributed by atoms with Crippen molar-refractivity contribution in [2.45, 2.75) is 44.7 Å². The summed E-state index contributed by atoms with van der Waals surface area (Å²) < 4.78 is 5.07. The summed E-state index contributed by atoms with van der Waals surface area (Å²) in [5, 5.41) is 5.69. The van der Waals surface area contributed by atoms with Crippen molar-refractivity contribution in [1.82, 2.24) is 10.2 Å². The average molecular weight is 395 g/mol. The molecule has 1 aliphatic carbocycles. The van der Waals surface area contributed by atoms with Gasteiger partial charge in [0.2, 0.25) is 11.8 Å². The Morgan fingerprint density at radius 2 is 1.86 bits per heavy atom.